The number of ether oxygens (including phenoxy) is 5. The van der Waals surface area contributed by atoms with Gasteiger partial charge < -0.3 is 49.7 Å². The number of amides is 3. The maximum Gasteiger partial charge on any atom is 0.302 e. The molecule has 0 aromatic carbocycles. The van der Waals surface area contributed by atoms with Crippen LogP contribution >= 0.6 is 11.8 Å². The Morgan fingerprint density at radius 1 is 0.507 bits per heavy atom. The summed E-state index contributed by atoms with van der Waals surface area (Å²) in [5.74, 6) is 1.21. The predicted octanol–water partition coefficient (Wildman–Crippen LogP) is 6.07. The van der Waals surface area contributed by atoms with Crippen molar-refractivity contribution in [1.29, 1.82) is 0 Å². The van der Waals surface area contributed by atoms with E-state index in [1.165, 1.54) is 33.4 Å². The van der Waals surface area contributed by atoms with Crippen LogP contribution in [0.5, 0.6) is 0 Å². The van der Waals surface area contributed by atoms with E-state index in [1.54, 1.807) is 34.6 Å². The number of hydrogen-bond donors (Lipinski definition) is 4. The van der Waals surface area contributed by atoms with Crippen LogP contribution in [0, 0.1) is 0 Å². The highest BCUT2D eigenvalue weighted by Crippen LogP contribution is 2.02. The van der Waals surface area contributed by atoms with Gasteiger partial charge in [0.05, 0.1) is 19.3 Å². The largest absolute Gasteiger partial charge is 0.466 e. The number of likely N-dealkylation sites (N-methyl/N-ethyl adjacent to an activating group) is 1. The van der Waals surface area contributed by atoms with Crippen molar-refractivity contribution in [2.75, 3.05) is 98.2 Å². The van der Waals surface area contributed by atoms with E-state index in [2.05, 4.69) is 46.1 Å². The first-order chi connectivity index (χ1) is 31.6. The molecule has 0 saturated carbocycles. The second-order valence-electron chi connectivity index (χ2n) is 13.6. The molecule has 3 amide bonds. The maximum atomic E-state index is 11.3. The van der Waals surface area contributed by atoms with Crippen LogP contribution in [0.2, 0.25) is 0 Å². The van der Waals surface area contributed by atoms with Crippen LogP contribution in [-0.4, -0.2) is 157 Å². The quantitative estimate of drug-likeness (QED) is 0.0491. The van der Waals surface area contributed by atoms with Gasteiger partial charge in [0.1, 0.15) is 31.4 Å². The lowest BCUT2D eigenvalue weighted by atomic mass is 10.1. The van der Waals surface area contributed by atoms with Crippen LogP contribution < -0.4 is 21.3 Å². The van der Waals surface area contributed by atoms with Crippen molar-refractivity contribution in [1.82, 2.24) is 21.3 Å². The van der Waals surface area contributed by atoms with Gasteiger partial charge in [-0.25, -0.2) is 0 Å². The van der Waals surface area contributed by atoms with E-state index in [4.69, 9.17) is 18.9 Å². The van der Waals surface area contributed by atoms with Crippen molar-refractivity contribution in [3.8, 4) is 0 Å². The predicted molar refractivity (Wildman–Crippen MR) is 272 cm³/mol. The molecule has 0 bridgehead atoms. The first-order valence-corrected chi connectivity index (χ1v) is 24.9. The number of nitrogens with one attached hydrogen (secondary N) is 4. The molecule has 0 aliphatic carbocycles. The van der Waals surface area contributed by atoms with E-state index >= 15 is 0 Å². The highest BCUT2D eigenvalue weighted by atomic mass is 32.2. The summed E-state index contributed by atoms with van der Waals surface area (Å²) in [6.45, 7) is 32.5. The molecular formula is C48H98N4O14S. The molecule has 0 aliphatic rings. The topological polar surface area (TPSA) is 248 Å². The van der Waals surface area contributed by atoms with Crippen molar-refractivity contribution in [3.05, 3.63) is 0 Å². The van der Waals surface area contributed by atoms with Crippen molar-refractivity contribution < 1.29 is 66.8 Å². The Hall–Kier alpha value is -3.62. The molecule has 18 nitrogen and oxygen atoms in total. The zero-order chi connectivity index (χ0) is 53.7. The summed E-state index contributed by atoms with van der Waals surface area (Å²) in [6, 6.07) is -0.390. The highest BCUT2D eigenvalue weighted by Gasteiger charge is 2.15. The standard InChI is InChI=1S/C13H24N2O3.C7H13NO3.C7H14O2.C6H12O2.C5H10O2.C4H8O2.C3H9N.C3H8S/c1-4-12(17)14-9-7-6-8-11(10(3)16)15-13(18)5-2;1-3-8-7(10)5-11-4-6(2)9;1-3-9-6-4-5-7(2)8;1-3-8-5-4-6(2)7;1-3-7-4-5(2)6;1-3-6-4(2)5;2*1-3-4-2/h11H,4-9H2,1-3H3,(H,14,17)(H,15,18);3-5H2,1-2H3,(H,8,10);3-6H2,1-2H3;3-5H2,1-2H3;3-4H2,1-2H3;3H2,1-2H3;4H,3H2,1-2H3;3H2,1-2H3. The lowest BCUT2D eigenvalue weighted by molar-refractivity contribution is -0.140. The Kier molecular flexibility index (Phi) is 85.7. The molecule has 0 radical (unpaired) electrons. The van der Waals surface area contributed by atoms with Gasteiger partial charge in [-0.1, -0.05) is 27.7 Å². The number of hydrogen-bond acceptors (Lipinski definition) is 16. The Balaban J connectivity index is -0.000000104. The molecular weight excluding hydrogens is 889 g/mol. The minimum absolute atomic E-state index is 0.0110. The number of ketones is 5. The van der Waals surface area contributed by atoms with Gasteiger partial charge >= 0.3 is 5.97 Å². The summed E-state index contributed by atoms with van der Waals surface area (Å²) in [6.07, 6.45) is 7.29. The molecule has 0 aliphatic heterocycles. The second-order valence-corrected chi connectivity index (χ2v) is 14.8. The van der Waals surface area contributed by atoms with Crippen LogP contribution in [0.3, 0.4) is 0 Å². The van der Waals surface area contributed by atoms with E-state index in [0.717, 1.165) is 39.0 Å². The Bertz CT molecular complexity index is 1170. The average Bonchev–Trinajstić information content (AvgIpc) is 3.27. The fourth-order valence-corrected chi connectivity index (χ4v) is 3.41. The lowest BCUT2D eigenvalue weighted by Gasteiger charge is -2.15. The van der Waals surface area contributed by atoms with Crippen LogP contribution in [0.15, 0.2) is 0 Å². The van der Waals surface area contributed by atoms with E-state index in [-0.39, 0.29) is 78.5 Å². The minimum atomic E-state index is -0.390. The molecule has 0 fully saturated rings. The number of carbonyl (C=O) groups excluding carboxylic acids is 9. The molecule has 67 heavy (non-hydrogen) atoms. The number of unbranched alkanes of at least 4 members (excludes halogenated alkanes) is 1. The molecule has 0 aromatic heterocycles. The van der Waals surface area contributed by atoms with Gasteiger partial charge in [0.2, 0.25) is 17.7 Å². The zero-order valence-electron chi connectivity index (χ0n) is 45.1. The van der Waals surface area contributed by atoms with Crippen molar-refractivity contribution >= 4 is 64.4 Å². The summed E-state index contributed by atoms with van der Waals surface area (Å²) >= 11 is 1.86. The summed E-state index contributed by atoms with van der Waals surface area (Å²) < 4.78 is 23.9. The molecule has 0 aromatic rings. The maximum absolute atomic E-state index is 11.3. The fourth-order valence-electron chi connectivity index (χ4n) is 3.41. The van der Waals surface area contributed by atoms with E-state index in [0.29, 0.717) is 71.6 Å². The van der Waals surface area contributed by atoms with Gasteiger partial charge in [0, 0.05) is 72.1 Å². The van der Waals surface area contributed by atoms with Crippen LogP contribution in [-0.2, 0) is 66.8 Å². The van der Waals surface area contributed by atoms with Gasteiger partial charge in [-0.05, 0) is 121 Å². The van der Waals surface area contributed by atoms with Crippen LogP contribution in [0.4, 0.5) is 0 Å². The second kappa shape index (κ2) is 71.4. The Morgan fingerprint density at radius 2 is 0.985 bits per heavy atom. The van der Waals surface area contributed by atoms with Gasteiger partial charge in [0.25, 0.3) is 0 Å². The smallest absolute Gasteiger partial charge is 0.302 e. The molecule has 0 saturated heterocycles. The zero-order valence-corrected chi connectivity index (χ0v) is 45.9. The van der Waals surface area contributed by atoms with Gasteiger partial charge in [-0.15, -0.1) is 0 Å². The summed E-state index contributed by atoms with van der Waals surface area (Å²) in [5.41, 5.74) is 0. The minimum Gasteiger partial charge on any atom is -0.466 e. The van der Waals surface area contributed by atoms with Crippen molar-refractivity contribution in [2.24, 2.45) is 0 Å². The van der Waals surface area contributed by atoms with E-state index in [9.17, 15) is 43.2 Å². The van der Waals surface area contributed by atoms with Gasteiger partial charge in [-0.2, -0.15) is 11.8 Å². The summed E-state index contributed by atoms with van der Waals surface area (Å²) in [4.78, 5) is 95.0. The molecule has 4 N–H and O–H groups in total. The SMILES string of the molecule is CCC(=O)NCCCCC(NC(=O)CC)C(C)=O.CCNC.CCNC(=O)COCC(C)=O.CCOC(C)=O.CCOCC(C)=O.CCOCCC(C)=O.CCOCCCC(C)=O.CCSC. The number of esters is 1. The first-order valence-electron chi connectivity index (χ1n) is 23.5. The molecule has 1 atom stereocenters. The lowest BCUT2D eigenvalue weighted by Crippen LogP contribution is -2.39. The monoisotopic (exact) mass is 987 g/mol. The Morgan fingerprint density at radius 3 is 1.31 bits per heavy atom. The normalized spacial score (nSPS) is 9.57. The van der Waals surface area contributed by atoms with Crippen LogP contribution in [0.25, 0.3) is 0 Å². The molecule has 0 spiro atoms. The van der Waals surface area contributed by atoms with Crippen molar-refractivity contribution in [2.45, 2.75) is 161 Å². The molecule has 19 heteroatoms. The van der Waals surface area contributed by atoms with Gasteiger partial charge in [0.15, 0.2) is 17.3 Å². The third kappa shape index (κ3) is 110. The third-order valence-corrected chi connectivity index (χ3v) is 7.52. The molecule has 1 unspecified atom stereocenters. The van der Waals surface area contributed by atoms with Crippen molar-refractivity contribution in [3.63, 3.8) is 0 Å². The van der Waals surface area contributed by atoms with Gasteiger partial charge in [-0.3, -0.25) is 38.4 Å². The number of Topliss-reactive ketones (excluding diaryl/α,β-unsaturated/α-hetero) is 5. The number of rotatable bonds is 29. The molecule has 0 heterocycles. The highest BCUT2D eigenvalue weighted by molar-refractivity contribution is 7.98. The number of carbonyl (C=O) groups is 9. The molecule has 400 valence electrons. The Labute approximate surface area is 410 Å². The summed E-state index contributed by atoms with van der Waals surface area (Å²) in [7, 11) is 1.93. The average molecular weight is 987 g/mol. The number of thioether (sulfide) groups is 1. The van der Waals surface area contributed by atoms with E-state index < -0.39 is 0 Å². The third-order valence-electron chi connectivity index (χ3n) is 6.95. The van der Waals surface area contributed by atoms with Crippen LogP contribution in [0.1, 0.15) is 155 Å². The van der Waals surface area contributed by atoms with E-state index in [1.807, 2.05) is 46.5 Å². The first kappa shape index (κ1) is 80.4. The fraction of sp³-hybridized carbons (Fsp3) is 0.812. The summed E-state index contributed by atoms with van der Waals surface area (Å²) in [5, 5.41) is 11.0. The molecule has 0 rings (SSSR count).